The average Bonchev–Trinajstić information content (AvgIpc) is 2.62. The number of hydrogen-bond donors (Lipinski definition) is 2. The van der Waals surface area contributed by atoms with Gasteiger partial charge in [-0.25, -0.2) is 0 Å². The summed E-state index contributed by atoms with van der Waals surface area (Å²) < 4.78 is 5.16. The zero-order valence-electron chi connectivity index (χ0n) is 13.9. The molecule has 0 aliphatic heterocycles. The van der Waals surface area contributed by atoms with Gasteiger partial charge in [-0.1, -0.05) is 37.3 Å². The summed E-state index contributed by atoms with van der Waals surface area (Å²) in [5.74, 6) is 1.07. The van der Waals surface area contributed by atoms with Crippen molar-refractivity contribution in [2.24, 2.45) is 0 Å². The molecular formula is C19H26N2O2. The van der Waals surface area contributed by atoms with E-state index in [0.29, 0.717) is 5.92 Å². The van der Waals surface area contributed by atoms with Crippen molar-refractivity contribution in [1.82, 2.24) is 10.3 Å². The number of benzene rings is 1. The molecule has 124 valence electrons. The largest absolute Gasteiger partial charge is 0.495 e. The van der Waals surface area contributed by atoms with Crippen LogP contribution in [0.3, 0.4) is 0 Å². The van der Waals surface area contributed by atoms with Gasteiger partial charge >= 0.3 is 0 Å². The van der Waals surface area contributed by atoms with E-state index >= 15 is 0 Å². The van der Waals surface area contributed by atoms with Crippen molar-refractivity contribution < 1.29 is 9.84 Å². The normalized spacial score (nSPS) is 13.5. The Labute approximate surface area is 138 Å². The molecule has 1 aromatic heterocycles. The zero-order chi connectivity index (χ0) is 16.5. The number of methoxy groups -OCH3 is 1. The Balaban J connectivity index is 2.02. The fourth-order valence-corrected chi connectivity index (χ4v) is 2.73. The summed E-state index contributed by atoms with van der Waals surface area (Å²) in [4.78, 5) is 4.48. The van der Waals surface area contributed by atoms with Crippen molar-refractivity contribution in [3.8, 4) is 5.75 Å². The van der Waals surface area contributed by atoms with Crippen molar-refractivity contribution >= 4 is 0 Å². The average molecular weight is 314 g/mol. The Morgan fingerprint density at radius 1 is 1.17 bits per heavy atom. The highest BCUT2D eigenvalue weighted by Gasteiger charge is 2.15. The van der Waals surface area contributed by atoms with Crippen LogP contribution in [0.4, 0.5) is 0 Å². The van der Waals surface area contributed by atoms with E-state index in [4.69, 9.17) is 4.74 Å². The Bertz CT molecular complexity index is 557. The Kier molecular flexibility index (Phi) is 7.04. The molecule has 0 radical (unpaired) electrons. The molecule has 2 atom stereocenters. The lowest BCUT2D eigenvalue weighted by Gasteiger charge is -2.22. The van der Waals surface area contributed by atoms with Crippen molar-refractivity contribution in [2.75, 3.05) is 20.3 Å². The predicted octanol–water partition coefficient (Wildman–Crippen LogP) is 3.30. The Morgan fingerprint density at radius 2 is 1.96 bits per heavy atom. The molecule has 1 heterocycles. The number of rotatable bonds is 9. The van der Waals surface area contributed by atoms with Gasteiger partial charge in [0.25, 0.3) is 0 Å². The number of nitrogens with one attached hydrogen (secondary N) is 1. The number of ether oxygens (including phenoxy) is 1. The minimum atomic E-state index is 0.193. The van der Waals surface area contributed by atoms with E-state index in [2.05, 4.69) is 29.4 Å². The molecule has 1 aromatic carbocycles. The standard InChI is InChI=1S/C19H26N2O2/c1-3-18(19-10-9-17(23-2)14-21-19)20-13-16(11-12-22)15-7-5-4-6-8-15/h4-10,14,16,18,20,22H,3,11-13H2,1-2H3. The molecule has 0 aliphatic carbocycles. The van der Waals surface area contributed by atoms with Crippen LogP contribution in [0.2, 0.25) is 0 Å². The van der Waals surface area contributed by atoms with E-state index in [-0.39, 0.29) is 12.6 Å². The lowest BCUT2D eigenvalue weighted by molar-refractivity contribution is 0.271. The molecule has 4 nitrogen and oxygen atoms in total. The molecule has 0 aliphatic rings. The molecular weight excluding hydrogens is 288 g/mol. The van der Waals surface area contributed by atoms with Gasteiger partial charge in [-0.05, 0) is 36.5 Å². The molecule has 2 aromatic rings. The van der Waals surface area contributed by atoms with E-state index in [1.165, 1.54) is 5.56 Å². The van der Waals surface area contributed by atoms with Crippen LogP contribution in [0.5, 0.6) is 5.75 Å². The topological polar surface area (TPSA) is 54.4 Å². The molecule has 4 heteroatoms. The smallest absolute Gasteiger partial charge is 0.137 e. The minimum absolute atomic E-state index is 0.193. The molecule has 2 rings (SSSR count). The number of pyridine rings is 1. The van der Waals surface area contributed by atoms with Crippen LogP contribution < -0.4 is 10.1 Å². The van der Waals surface area contributed by atoms with Crippen LogP contribution in [0.25, 0.3) is 0 Å². The van der Waals surface area contributed by atoms with Gasteiger partial charge in [0, 0.05) is 19.2 Å². The first kappa shape index (κ1) is 17.4. The lowest BCUT2D eigenvalue weighted by Crippen LogP contribution is -2.27. The lowest BCUT2D eigenvalue weighted by atomic mass is 9.95. The highest BCUT2D eigenvalue weighted by Crippen LogP contribution is 2.22. The summed E-state index contributed by atoms with van der Waals surface area (Å²) in [7, 11) is 1.64. The summed E-state index contributed by atoms with van der Waals surface area (Å²) >= 11 is 0. The molecule has 0 bridgehead atoms. The maximum atomic E-state index is 9.34. The summed E-state index contributed by atoms with van der Waals surface area (Å²) in [6.07, 6.45) is 3.46. The molecule has 0 amide bonds. The molecule has 2 N–H and O–H groups in total. The summed E-state index contributed by atoms with van der Waals surface area (Å²) in [6, 6.07) is 14.5. The number of aromatic nitrogens is 1. The van der Waals surface area contributed by atoms with Crippen molar-refractivity contribution in [1.29, 1.82) is 0 Å². The minimum Gasteiger partial charge on any atom is -0.495 e. The van der Waals surface area contributed by atoms with Crippen LogP contribution >= 0.6 is 0 Å². The maximum Gasteiger partial charge on any atom is 0.137 e. The van der Waals surface area contributed by atoms with Gasteiger partial charge in [-0.2, -0.15) is 0 Å². The first-order valence-electron chi connectivity index (χ1n) is 8.17. The highest BCUT2D eigenvalue weighted by atomic mass is 16.5. The molecule has 23 heavy (non-hydrogen) atoms. The number of aliphatic hydroxyl groups excluding tert-OH is 1. The van der Waals surface area contributed by atoms with E-state index < -0.39 is 0 Å². The Morgan fingerprint density at radius 3 is 2.52 bits per heavy atom. The Hall–Kier alpha value is -1.91. The van der Waals surface area contributed by atoms with E-state index in [9.17, 15) is 5.11 Å². The fourth-order valence-electron chi connectivity index (χ4n) is 2.73. The third-order valence-electron chi connectivity index (χ3n) is 4.12. The van der Waals surface area contributed by atoms with Gasteiger partial charge in [0.05, 0.1) is 19.0 Å². The summed E-state index contributed by atoms with van der Waals surface area (Å²) in [5.41, 5.74) is 2.27. The molecule has 0 spiro atoms. The van der Waals surface area contributed by atoms with Crippen LogP contribution in [0.15, 0.2) is 48.7 Å². The van der Waals surface area contributed by atoms with Gasteiger partial charge in [0.15, 0.2) is 0 Å². The zero-order valence-corrected chi connectivity index (χ0v) is 13.9. The SMILES string of the molecule is CCC(NCC(CCO)c1ccccc1)c1ccc(OC)cn1. The summed E-state index contributed by atoms with van der Waals surface area (Å²) in [5, 5.41) is 12.9. The number of hydrogen-bond acceptors (Lipinski definition) is 4. The third-order valence-corrected chi connectivity index (χ3v) is 4.12. The first-order valence-corrected chi connectivity index (χ1v) is 8.17. The van der Waals surface area contributed by atoms with Crippen molar-refractivity contribution in [3.63, 3.8) is 0 Å². The van der Waals surface area contributed by atoms with Gasteiger partial charge in [0.1, 0.15) is 5.75 Å². The van der Waals surface area contributed by atoms with Crippen LogP contribution in [-0.2, 0) is 0 Å². The number of nitrogens with zero attached hydrogens (tertiary/aromatic N) is 1. The first-order chi connectivity index (χ1) is 11.3. The van der Waals surface area contributed by atoms with E-state index in [1.54, 1.807) is 13.3 Å². The van der Waals surface area contributed by atoms with Gasteiger partial charge < -0.3 is 15.2 Å². The maximum absolute atomic E-state index is 9.34. The van der Waals surface area contributed by atoms with Crippen LogP contribution in [-0.4, -0.2) is 30.4 Å². The third kappa shape index (κ3) is 5.05. The molecule has 2 unspecified atom stereocenters. The number of aliphatic hydroxyl groups is 1. The van der Waals surface area contributed by atoms with Gasteiger partial charge in [-0.3, -0.25) is 4.98 Å². The van der Waals surface area contributed by atoms with Crippen molar-refractivity contribution in [2.45, 2.75) is 31.7 Å². The van der Waals surface area contributed by atoms with E-state index in [1.807, 2.05) is 30.3 Å². The second kappa shape index (κ2) is 9.28. The highest BCUT2D eigenvalue weighted by molar-refractivity contribution is 5.22. The van der Waals surface area contributed by atoms with Gasteiger partial charge in [0.2, 0.25) is 0 Å². The van der Waals surface area contributed by atoms with E-state index in [0.717, 1.165) is 30.8 Å². The molecule has 0 saturated heterocycles. The fraction of sp³-hybridized carbons (Fsp3) is 0.421. The summed E-state index contributed by atoms with van der Waals surface area (Å²) in [6.45, 7) is 3.16. The molecule has 0 fully saturated rings. The van der Waals surface area contributed by atoms with Gasteiger partial charge in [-0.15, -0.1) is 0 Å². The van der Waals surface area contributed by atoms with Crippen LogP contribution in [0, 0.1) is 0 Å². The second-order valence-electron chi connectivity index (χ2n) is 5.61. The monoisotopic (exact) mass is 314 g/mol. The quantitative estimate of drug-likeness (QED) is 0.746. The second-order valence-corrected chi connectivity index (χ2v) is 5.61. The predicted molar refractivity (Wildman–Crippen MR) is 92.7 cm³/mol. The van der Waals surface area contributed by atoms with Crippen LogP contribution in [0.1, 0.15) is 43.0 Å². The molecule has 0 saturated carbocycles. The van der Waals surface area contributed by atoms with Crippen molar-refractivity contribution in [3.05, 3.63) is 59.9 Å².